The first-order chi connectivity index (χ1) is 15.2. The number of ether oxygens (including phenoxy) is 1. The Morgan fingerprint density at radius 1 is 1.06 bits per heavy atom. The molecule has 2 aromatic rings. The molecule has 166 valence electrons. The van der Waals surface area contributed by atoms with Crippen LogP contribution in [0.15, 0.2) is 42.5 Å². The third kappa shape index (κ3) is 4.89. The zero-order chi connectivity index (χ0) is 23.4. The largest absolute Gasteiger partial charge is 0.492 e. The van der Waals surface area contributed by atoms with Crippen molar-refractivity contribution in [3.05, 3.63) is 53.6 Å². The summed E-state index contributed by atoms with van der Waals surface area (Å²) in [7, 11) is 0. The van der Waals surface area contributed by atoms with Gasteiger partial charge in [-0.15, -0.1) is 0 Å². The molecule has 2 aromatic carbocycles. The summed E-state index contributed by atoms with van der Waals surface area (Å²) in [6.07, 6.45) is -0.373. The van der Waals surface area contributed by atoms with Gasteiger partial charge in [0.15, 0.2) is 0 Å². The Balaban J connectivity index is 1.76. The summed E-state index contributed by atoms with van der Waals surface area (Å²) in [5.41, 5.74) is -0.409. The van der Waals surface area contributed by atoms with E-state index < -0.39 is 34.2 Å². The van der Waals surface area contributed by atoms with Crippen molar-refractivity contribution in [1.29, 1.82) is 0 Å². The van der Waals surface area contributed by atoms with Crippen LogP contribution in [0, 0.1) is 0 Å². The van der Waals surface area contributed by atoms with E-state index in [9.17, 15) is 24.0 Å². The lowest BCUT2D eigenvalue weighted by Gasteiger charge is -2.17. The lowest BCUT2D eigenvalue weighted by Crippen LogP contribution is -2.33. The van der Waals surface area contributed by atoms with Gasteiger partial charge in [0.2, 0.25) is 11.8 Å². The van der Waals surface area contributed by atoms with Crippen molar-refractivity contribution in [3.63, 3.8) is 0 Å². The molecule has 1 heterocycles. The van der Waals surface area contributed by atoms with E-state index in [1.54, 1.807) is 31.2 Å². The van der Waals surface area contributed by atoms with Gasteiger partial charge >= 0.3 is 11.9 Å². The third-order valence-electron chi connectivity index (χ3n) is 4.41. The molecule has 0 saturated carbocycles. The molecule has 0 bridgehead atoms. The lowest BCUT2D eigenvalue weighted by molar-refractivity contribution is -0.121. The van der Waals surface area contributed by atoms with Crippen molar-refractivity contribution in [1.82, 2.24) is 0 Å². The number of rotatable bonds is 8. The predicted octanol–water partition coefficient (Wildman–Crippen LogP) is 3.08. The predicted molar refractivity (Wildman–Crippen MR) is 115 cm³/mol. The lowest BCUT2D eigenvalue weighted by atomic mass is 10.1. The number of nitrogens with one attached hydrogen (secondary N) is 1. The summed E-state index contributed by atoms with van der Waals surface area (Å²) in [6, 6.07) is 9.71. The molecule has 1 unspecified atom stereocenters. The van der Waals surface area contributed by atoms with Crippen LogP contribution < -0.4 is 15.0 Å². The van der Waals surface area contributed by atoms with Crippen molar-refractivity contribution >= 4 is 52.1 Å². The third-order valence-corrected chi connectivity index (χ3v) is 5.45. The highest BCUT2D eigenvalue weighted by Crippen LogP contribution is 2.38. The molecular weight excluding hydrogens is 440 g/mol. The first-order valence-corrected chi connectivity index (χ1v) is 10.3. The fraction of sp³-hybridized carbons (Fsp3) is 0.190. The molecule has 0 aliphatic carbocycles. The smallest absolute Gasteiger partial charge is 0.335 e. The molecular formula is C21H18N2O8S. The summed E-state index contributed by atoms with van der Waals surface area (Å²) in [5.74, 6) is -3.64. The van der Waals surface area contributed by atoms with Gasteiger partial charge in [0, 0.05) is 12.1 Å². The number of anilines is 2. The Kier molecular flexibility index (Phi) is 6.79. The van der Waals surface area contributed by atoms with Gasteiger partial charge in [-0.3, -0.25) is 14.4 Å². The molecule has 1 fully saturated rings. The molecule has 0 radical (unpaired) electrons. The fourth-order valence-electron chi connectivity index (χ4n) is 3.05. The van der Waals surface area contributed by atoms with Crippen molar-refractivity contribution < 1.29 is 38.9 Å². The van der Waals surface area contributed by atoms with E-state index in [4.69, 9.17) is 14.9 Å². The number of benzene rings is 2. The number of carboxylic acids is 2. The van der Waals surface area contributed by atoms with Crippen LogP contribution in [-0.2, 0) is 9.59 Å². The number of hydrogen-bond donors (Lipinski definition) is 3. The van der Waals surface area contributed by atoms with Crippen LogP contribution in [0.4, 0.5) is 16.2 Å². The minimum absolute atomic E-state index is 0.0485. The zero-order valence-electron chi connectivity index (χ0n) is 16.7. The first-order valence-electron chi connectivity index (χ1n) is 9.39. The van der Waals surface area contributed by atoms with Gasteiger partial charge in [0.25, 0.3) is 5.24 Å². The van der Waals surface area contributed by atoms with Gasteiger partial charge in [0.1, 0.15) is 11.0 Å². The van der Waals surface area contributed by atoms with Gasteiger partial charge in [-0.1, -0.05) is 12.1 Å². The van der Waals surface area contributed by atoms with E-state index in [0.29, 0.717) is 24.1 Å². The summed E-state index contributed by atoms with van der Waals surface area (Å²) in [4.78, 5) is 61.2. The maximum Gasteiger partial charge on any atom is 0.335 e. The van der Waals surface area contributed by atoms with Crippen LogP contribution >= 0.6 is 11.8 Å². The number of para-hydroxylation sites is 2. The van der Waals surface area contributed by atoms with Gasteiger partial charge in [-0.05, 0) is 49.0 Å². The van der Waals surface area contributed by atoms with Crippen LogP contribution in [0.5, 0.6) is 5.75 Å². The summed E-state index contributed by atoms with van der Waals surface area (Å²) in [6.45, 7) is 2.10. The van der Waals surface area contributed by atoms with Crippen molar-refractivity contribution in [2.45, 2.75) is 18.6 Å². The highest BCUT2D eigenvalue weighted by Gasteiger charge is 2.42. The Morgan fingerprint density at radius 3 is 2.28 bits per heavy atom. The number of amides is 3. The second-order valence-corrected chi connectivity index (χ2v) is 7.76. The van der Waals surface area contributed by atoms with E-state index in [-0.39, 0.29) is 28.9 Å². The minimum atomic E-state index is -1.36. The molecule has 10 nitrogen and oxygen atoms in total. The normalized spacial score (nSPS) is 15.5. The van der Waals surface area contributed by atoms with E-state index >= 15 is 0 Å². The number of carbonyl (C=O) groups is 5. The van der Waals surface area contributed by atoms with E-state index in [0.717, 1.165) is 23.1 Å². The Morgan fingerprint density at radius 2 is 1.69 bits per heavy atom. The monoisotopic (exact) mass is 458 g/mol. The molecule has 3 rings (SSSR count). The minimum Gasteiger partial charge on any atom is -0.492 e. The maximum atomic E-state index is 12.8. The van der Waals surface area contributed by atoms with E-state index in [1.807, 2.05) is 0 Å². The molecule has 0 aromatic heterocycles. The second-order valence-electron chi connectivity index (χ2n) is 6.61. The van der Waals surface area contributed by atoms with Crippen molar-refractivity contribution in [2.24, 2.45) is 0 Å². The summed E-state index contributed by atoms with van der Waals surface area (Å²) in [5, 5.41) is 19.1. The van der Waals surface area contributed by atoms with Gasteiger partial charge in [0.05, 0.1) is 23.4 Å². The highest BCUT2D eigenvalue weighted by molar-refractivity contribution is 8.15. The Bertz CT molecular complexity index is 1080. The van der Waals surface area contributed by atoms with E-state index in [2.05, 4.69) is 5.32 Å². The average Bonchev–Trinajstić information content (AvgIpc) is 3.01. The molecule has 3 N–H and O–H groups in total. The van der Waals surface area contributed by atoms with Gasteiger partial charge < -0.3 is 20.3 Å². The van der Waals surface area contributed by atoms with Gasteiger partial charge in [-0.2, -0.15) is 0 Å². The molecule has 11 heteroatoms. The van der Waals surface area contributed by atoms with Crippen molar-refractivity contribution in [2.75, 3.05) is 16.8 Å². The molecule has 1 aliphatic heterocycles. The van der Waals surface area contributed by atoms with Crippen LogP contribution in [0.25, 0.3) is 0 Å². The number of imide groups is 1. The number of carbonyl (C=O) groups excluding carboxylic acids is 3. The quantitative estimate of drug-likeness (QED) is 0.542. The summed E-state index contributed by atoms with van der Waals surface area (Å²) < 4.78 is 5.47. The molecule has 0 spiro atoms. The number of nitrogens with zero attached hydrogens (tertiary/aromatic N) is 1. The van der Waals surface area contributed by atoms with Crippen LogP contribution in [-0.4, -0.2) is 51.1 Å². The zero-order valence-corrected chi connectivity index (χ0v) is 17.5. The average molecular weight is 458 g/mol. The SMILES string of the molecule is CCOc1ccccc1N1C(=O)SC(CC(=O)Nc2cc(C(=O)O)cc(C(=O)O)c2)C1=O. The number of hydrogen-bond acceptors (Lipinski definition) is 7. The maximum absolute atomic E-state index is 12.8. The standard InChI is InChI=1S/C21H18N2O8S/c1-2-31-15-6-4-3-5-14(15)23-18(25)16(32-21(23)30)10-17(24)22-13-8-11(19(26)27)7-12(9-13)20(28)29/h3-9,16H,2,10H2,1H3,(H,22,24)(H,26,27)(H,28,29). The van der Waals surface area contributed by atoms with Gasteiger partial charge in [-0.25, -0.2) is 14.5 Å². The Hall–Kier alpha value is -3.86. The second kappa shape index (κ2) is 9.52. The molecule has 1 atom stereocenters. The summed E-state index contributed by atoms with van der Waals surface area (Å²) >= 11 is 0.691. The molecule has 32 heavy (non-hydrogen) atoms. The molecule has 1 aliphatic rings. The number of carboxylic acid groups (broad SMARTS) is 2. The Labute approximate surface area is 186 Å². The van der Waals surface area contributed by atoms with Crippen LogP contribution in [0.1, 0.15) is 34.1 Å². The van der Waals surface area contributed by atoms with Crippen LogP contribution in [0.2, 0.25) is 0 Å². The number of aromatic carboxylic acids is 2. The van der Waals surface area contributed by atoms with Crippen LogP contribution in [0.3, 0.4) is 0 Å². The first kappa shape index (κ1) is 22.8. The van der Waals surface area contributed by atoms with E-state index in [1.165, 1.54) is 0 Å². The van der Waals surface area contributed by atoms with Crippen molar-refractivity contribution in [3.8, 4) is 5.75 Å². The topological polar surface area (TPSA) is 150 Å². The highest BCUT2D eigenvalue weighted by atomic mass is 32.2. The molecule has 3 amide bonds. The number of thioether (sulfide) groups is 1. The molecule has 1 saturated heterocycles. The fourth-order valence-corrected chi connectivity index (χ4v) is 4.03.